The van der Waals surface area contributed by atoms with E-state index in [1.54, 1.807) is 0 Å². The van der Waals surface area contributed by atoms with Crippen molar-refractivity contribution in [1.82, 2.24) is 0 Å². The Morgan fingerprint density at radius 1 is 0.923 bits per heavy atom. The number of alkyl halides is 6. The van der Waals surface area contributed by atoms with Gasteiger partial charge in [0.25, 0.3) is 0 Å². The average Bonchev–Trinajstić information content (AvgIpc) is 1.77. The summed E-state index contributed by atoms with van der Waals surface area (Å²) < 4.78 is 71.4. The summed E-state index contributed by atoms with van der Waals surface area (Å²) in [5.41, 5.74) is 0. The molecule has 0 atom stereocenters. The zero-order valence-electron chi connectivity index (χ0n) is 6.70. The predicted molar refractivity (Wildman–Crippen MR) is 39.9 cm³/mol. The van der Waals surface area contributed by atoms with Gasteiger partial charge in [0.15, 0.2) is 0 Å². The van der Waals surface area contributed by atoms with Crippen LogP contribution in [0.2, 0.25) is 4.82 Å². The molecule has 0 fully saturated rings. The van der Waals surface area contributed by atoms with E-state index in [0.717, 1.165) is 0 Å². The van der Waals surface area contributed by atoms with E-state index in [1.165, 1.54) is 13.8 Å². The van der Waals surface area contributed by atoms with Crippen molar-refractivity contribution in [1.29, 1.82) is 0 Å². The molecule has 0 aromatic rings. The quantitative estimate of drug-likeness (QED) is 0.410. The van der Waals surface area contributed by atoms with Crippen molar-refractivity contribution < 1.29 is 26.3 Å². The molecule has 0 heterocycles. The molecule has 0 aliphatic carbocycles. The Morgan fingerprint density at radius 2 is 1.23 bits per heavy atom. The van der Waals surface area contributed by atoms with Gasteiger partial charge in [-0.25, -0.2) is 0 Å². The molecule has 80 valence electrons. The van der Waals surface area contributed by atoms with Crippen LogP contribution in [0.3, 0.4) is 0 Å². The van der Waals surface area contributed by atoms with Crippen molar-refractivity contribution in [2.24, 2.45) is 0 Å². The van der Waals surface area contributed by atoms with Gasteiger partial charge >= 0.3 is 78.0 Å². The first-order chi connectivity index (χ1) is 5.55. The molecule has 0 saturated carbocycles. The summed E-state index contributed by atoms with van der Waals surface area (Å²) in [7, 11) is 0. The zero-order chi connectivity index (χ0) is 10.9. The van der Waals surface area contributed by atoms with Gasteiger partial charge in [-0.2, -0.15) is 0 Å². The van der Waals surface area contributed by atoms with E-state index in [1.807, 2.05) is 0 Å². The van der Waals surface area contributed by atoms with E-state index in [0.29, 0.717) is 0 Å². The molecule has 0 spiro atoms. The van der Waals surface area contributed by atoms with Crippen molar-refractivity contribution in [2.75, 3.05) is 0 Å². The minimum atomic E-state index is -5.10. The number of rotatable bonds is 2. The van der Waals surface area contributed by atoms with E-state index < -0.39 is 37.8 Å². The van der Waals surface area contributed by atoms with E-state index in [4.69, 9.17) is 0 Å². The second-order valence-corrected chi connectivity index (χ2v) is 9.80. The van der Waals surface area contributed by atoms with Gasteiger partial charge in [0.05, 0.1) is 0 Å². The standard InChI is InChI=1S/C5H7F6PSe/c1-3(2)13-12(4(6,7)8)5(9,10)11/h3H,1-2H3. The van der Waals surface area contributed by atoms with Crippen LogP contribution >= 0.6 is 6.61 Å². The molecule has 0 aliphatic heterocycles. The zero-order valence-corrected chi connectivity index (χ0v) is 9.31. The first-order valence-electron chi connectivity index (χ1n) is 3.15. The van der Waals surface area contributed by atoms with Crippen LogP contribution in [0.4, 0.5) is 26.3 Å². The van der Waals surface area contributed by atoms with Gasteiger partial charge in [0, 0.05) is 0 Å². The third-order valence-corrected chi connectivity index (χ3v) is 8.92. The molecule has 0 saturated heterocycles. The second-order valence-electron chi connectivity index (χ2n) is 2.38. The van der Waals surface area contributed by atoms with Gasteiger partial charge in [-0.1, -0.05) is 0 Å². The van der Waals surface area contributed by atoms with E-state index >= 15 is 0 Å². The van der Waals surface area contributed by atoms with E-state index in [9.17, 15) is 26.3 Å². The van der Waals surface area contributed by atoms with Gasteiger partial charge < -0.3 is 0 Å². The fourth-order valence-corrected chi connectivity index (χ4v) is 5.58. The van der Waals surface area contributed by atoms with E-state index in [-0.39, 0.29) is 0 Å². The van der Waals surface area contributed by atoms with Gasteiger partial charge in [0.1, 0.15) is 0 Å². The Balaban J connectivity index is 4.58. The number of hydrogen-bond acceptors (Lipinski definition) is 0. The molecule has 0 bridgehead atoms. The molecule has 0 amide bonds. The van der Waals surface area contributed by atoms with Crippen LogP contribution in [0, 0.1) is 0 Å². The van der Waals surface area contributed by atoms with Gasteiger partial charge in [-0.15, -0.1) is 0 Å². The molecule has 0 unspecified atom stereocenters. The van der Waals surface area contributed by atoms with Gasteiger partial charge in [0.2, 0.25) is 0 Å². The first kappa shape index (κ1) is 13.5. The third kappa shape index (κ3) is 5.08. The normalized spacial score (nSPS) is 14.3. The minimum absolute atomic E-state index is 0.540. The molecular formula is C5H7F6PSe. The Morgan fingerprint density at radius 3 is 1.31 bits per heavy atom. The Hall–Kier alpha value is 0.529. The van der Waals surface area contributed by atoms with Crippen LogP contribution < -0.4 is 0 Å². The molecule has 0 N–H and O–H groups in total. The van der Waals surface area contributed by atoms with Crippen molar-refractivity contribution >= 4 is 21.1 Å². The topological polar surface area (TPSA) is 0 Å². The number of hydrogen-bond donors (Lipinski definition) is 0. The van der Waals surface area contributed by atoms with Crippen LogP contribution in [0.1, 0.15) is 13.8 Å². The van der Waals surface area contributed by atoms with Crippen LogP contribution in [0.25, 0.3) is 0 Å². The summed E-state index contributed by atoms with van der Waals surface area (Å²) in [6, 6.07) is 0. The summed E-state index contributed by atoms with van der Waals surface area (Å²) in [6.45, 7) is -1.08. The van der Waals surface area contributed by atoms with Crippen LogP contribution in [-0.4, -0.2) is 26.3 Å². The Kier molecular flexibility index (Phi) is 4.54. The Bertz CT molecular complexity index is 147. The molecule has 0 radical (unpaired) electrons. The van der Waals surface area contributed by atoms with Gasteiger partial charge in [-0.05, 0) is 0 Å². The summed E-state index contributed by atoms with van der Waals surface area (Å²) in [5.74, 6) is -10.2. The van der Waals surface area contributed by atoms with Crippen molar-refractivity contribution in [3.63, 3.8) is 0 Å². The molecule has 8 heteroatoms. The van der Waals surface area contributed by atoms with Crippen molar-refractivity contribution in [3.8, 4) is 0 Å². The first-order valence-corrected chi connectivity index (χ1v) is 7.70. The Labute approximate surface area is 78.6 Å². The van der Waals surface area contributed by atoms with Crippen LogP contribution in [0.15, 0.2) is 0 Å². The molecule has 0 aromatic heterocycles. The van der Waals surface area contributed by atoms with Crippen molar-refractivity contribution in [3.05, 3.63) is 0 Å². The molecule has 0 rings (SSSR count). The fraction of sp³-hybridized carbons (Fsp3) is 1.00. The maximum absolute atomic E-state index is 11.9. The molecule has 13 heavy (non-hydrogen) atoms. The monoisotopic (exact) mass is 292 g/mol. The fourth-order valence-electron chi connectivity index (χ4n) is 0.474. The SMILES string of the molecule is CC(C)[Se]P(C(F)(F)F)C(F)(F)F. The second kappa shape index (κ2) is 4.37. The van der Waals surface area contributed by atoms with Crippen LogP contribution in [0.5, 0.6) is 0 Å². The van der Waals surface area contributed by atoms with Gasteiger partial charge in [-0.3, -0.25) is 0 Å². The maximum atomic E-state index is 11.9. The number of halogens is 6. The van der Waals surface area contributed by atoms with E-state index in [2.05, 4.69) is 0 Å². The third-order valence-electron chi connectivity index (χ3n) is 0.777. The molecular weight excluding hydrogens is 284 g/mol. The predicted octanol–water partition coefficient (Wildman–Crippen LogP) is 3.96. The summed E-state index contributed by atoms with van der Waals surface area (Å²) in [4.78, 5) is -0.540. The summed E-state index contributed by atoms with van der Waals surface area (Å²) in [5, 5.41) is 0. The molecule has 0 aromatic carbocycles. The summed E-state index contributed by atoms with van der Waals surface area (Å²) in [6.07, 6.45) is 0. The molecule has 0 aliphatic rings. The average molecular weight is 291 g/mol. The van der Waals surface area contributed by atoms with Crippen LogP contribution in [-0.2, 0) is 0 Å². The molecule has 0 nitrogen and oxygen atoms in total. The summed E-state index contributed by atoms with van der Waals surface area (Å²) >= 11 is -1.42. The van der Waals surface area contributed by atoms with Crippen molar-refractivity contribution in [2.45, 2.75) is 30.5 Å².